The third kappa shape index (κ3) is 6.32. The smallest absolute Gasteiger partial charge is 0.338 e. The van der Waals surface area contributed by atoms with E-state index in [-0.39, 0.29) is 17.8 Å². The van der Waals surface area contributed by atoms with Crippen LogP contribution in [0.25, 0.3) is 5.69 Å². The van der Waals surface area contributed by atoms with Gasteiger partial charge in [-0.2, -0.15) is 4.98 Å². The van der Waals surface area contributed by atoms with Crippen LogP contribution >= 0.6 is 0 Å². The van der Waals surface area contributed by atoms with E-state index >= 15 is 0 Å². The molecule has 1 aliphatic carbocycles. The van der Waals surface area contributed by atoms with Crippen molar-refractivity contribution in [1.82, 2.24) is 30.0 Å². The molecular formula is C28H40N8O3. The zero-order valence-electron chi connectivity index (χ0n) is 23.0. The van der Waals surface area contributed by atoms with Crippen LogP contribution in [0.1, 0.15) is 26.3 Å². The molecule has 3 atom stereocenters. The second-order valence-corrected chi connectivity index (χ2v) is 11.7. The minimum atomic E-state index is -0.943. The summed E-state index contributed by atoms with van der Waals surface area (Å²) < 4.78 is 1.46. The minimum absolute atomic E-state index is 0.138. The summed E-state index contributed by atoms with van der Waals surface area (Å²) in [7, 11) is 0. The van der Waals surface area contributed by atoms with Crippen LogP contribution in [0.3, 0.4) is 0 Å². The Morgan fingerprint density at radius 3 is 2.33 bits per heavy atom. The van der Waals surface area contributed by atoms with Crippen molar-refractivity contribution >= 4 is 17.8 Å². The van der Waals surface area contributed by atoms with Crippen LogP contribution in [-0.4, -0.2) is 88.7 Å². The van der Waals surface area contributed by atoms with Gasteiger partial charge in [-0.15, -0.1) is 0 Å². The number of aromatic nitrogens is 2. The van der Waals surface area contributed by atoms with Crippen LogP contribution in [0.5, 0.6) is 0 Å². The van der Waals surface area contributed by atoms with E-state index in [9.17, 15) is 14.4 Å². The second kappa shape index (κ2) is 11.1. The van der Waals surface area contributed by atoms with Gasteiger partial charge in [0.05, 0.1) is 11.2 Å². The van der Waals surface area contributed by atoms with Crippen LogP contribution in [0.2, 0.25) is 0 Å². The lowest BCUT2D eigenvalue weighted by atomic mass is 10.1. The molecule has 3 aliphatic rings. The average molecular weight is 537 g/mol. The maximum atomic E-state index is 12.7. The van der Waals surface area contributed by atoms with Gasteiger partial charge in [-0.1, -0.05) is 12.1 Å². The highest BCUT2D eigenvalue weighted by atomic mass is 16.2. The number of carbonyl (C=O) groups excluding carboxylic acids is 2. The van der Waals surface area contributed by atoms with Gasteiger partial charge < -0.3 is 26.2 Å². The summed E-state index contributed by atoms with van der Waals surface area (Å²) in [5.74, 6) is 2.61. The van der Waals surface area contributed by atoms with Crippen LogP contribution in [0.4, 0.5) is 10.6 Å². The van der Waals surface area contributed by atoms with Gasteiger partial charge in [-0.25, -0.2) is 9.59 Å². The van der Waals surface area contributed by atoms with Gasteiger partial charge in [0.25, 0.3) is 0 Å². The van der Waals surface area contributed by atoms with Gasteiger partial charge in [-0.05, 0) is 88.3 Å². The van der Waals surface area contributed by atoms with Crippen LogP contribution in [0.15, 0.2) is 41.3 Å². The molecule has 5 rings (SSSR count). The fraction of sp³-hybridized carbons (Fsp3) is 0.571. The molecule has 0 bridgehead atoms. The average Bonchev–Trinajstić information content (AvgIpc) is 3.33. The maximum absolute atomic E-state index is 12.7. The molecule has 3 unspecified atom stereocenters. The SMILES string of the molecule is CC(Cc1ccc(-n2ccc(NC(=O)N3CCN(C(=O)C(C)(C)N)CC3)nc2=O)cc1)NCC1C2CNCC21. The molecule has 0 radical (unpaired) electrons. The summed E-state index contributed by atoms with van der Waals surface area (Å²) in [6.07, 6.45) is 2.54. The number of hydrogen-bond donors (Lipinski definition) is 4. The molecule has 210 valence electrons. The molecule has 1 aromatic carbocycles. The normalized spacial score (nSPS) is 23.3. The molecule has 1 aromatic heterocycles. The third-order valence-corrected chi connectivity index (χ3v) is 8.17. The lowest BCUT2D eigenvalue weighted by Gasteiger charge is -2.37. The molecule has 2 aliphatic heterocycles. The summed E-state index contributed by atoms with van der Waals surface area (Å²) in [6, 6.07) is 9.57. The maximum Gasteiger partial charge on any atom is 0.354 e. The van der Waals surface area contributed by atoms with E-state index in [0.29, 0.717) is 32.2 Å². The van der Waals surface area contributed by atoms with Crippen molar-refractivity contribution < 1.29 is 9.59 Å². The standard InChI is InChI=1S/C28H40N8O3/c1-18(31-17-23-21-15-30-16-22(21)23)14-19-4-6-20(7-5-19)36-9-8-24(33-27(36)39)32-26(38)35-12-10-34(11-13-35)25(37)28(2,3)29/h4-9,18,21-23,30-31H,10-17,29H2,1-3H3,(H,32,33,38,39). The fourth-order valence-corrected chi connectivity index (χ4v) is 5.78. The molecule has 2 aromatic rings. The largest absolute Gasteiger partial charge is 0.354 e. The zero-order chi connectivity index (χ0) is 27.7. The number of carbonyl (C=O) groups is 2. The molecular weight excluding hydrogens is 496 g/mol. The molecule has 0 spiro atoms. The number of anilines is 1. The van der Waals surface area contributed by atoms with Gasteiger partial charge in [0.2, 0.25) is 5.91 Å². The van der Waals surface area contributed by atoms with Gasteiger partial charge >= 0.3 is 11.7 Å². The van der Waals surface area contributed by atoms with E-state index in [0.717, 1.165) is 36.4 Å². The zero-order valence-corrected chi connectivity index (χ0v) is 23.0. The summed E-state index contributed by atoms with van der Waals surface area (Å²) in [6.45, 7) is 10.6. The van der Waals surface area contributed by atoms with E-state index < -0.39 is 11.2 Å². The number of nitrogens with one attached hydrogen (secondary N) is 3. The van der Waals surface area contributed by atoms with E-state index in [1.807, 2.05) is 24.3 Å². The van der Waals surface area contributed by atoms with Crippen molar-refractivity contribution in [3.05, 3.63) is 52.6 Å². The second-order valence-electron chi connectivity index (χ2n) is 11.7. The molecule has 39 heavy (non-hydrogen) atoms. The Bertz CT molecular complexity index is 1240. The van der Waals surface area contributed by atoms with E-state index in [1.54, 1.807) is 35.9 Å². The number of fused-ring (bicyclic) bond motifs is 1. The number of piperazine rings is 1. The Kier molecular flexibility index (Phi) is 7.75. The van der Waals surface area contributed by atoms with Crippen LogP contribution < -0.4 is 27.4 Å². The molecule has 2 saturated heterocycles. The summed E-state index contributed by atoms with van der Waals surface area (Å²) in [5, 5.41) is 9.82. The number of nitrogens with zero attached hydrogens (tertiary/aromatic N) is 4. The first-order valence-electron chi connectivity index (χ1n) is 13.9. The van der Waals surface area contributed by atoms with Crippen molar-refractivity contribution in [2.75, 3.05) is 51.1 Å². The summed E-state index contributed by atoms with van der Waals surface area (Å²) in [4.78, 5) is 45.1. The highest BCUT2D eigenvalue weighted by Crippen LogP contribution is 2.48. The molecule has 11 heteroatoms. The van der Waals surface area contributed by atoms with Crippen molar-refractivity contribution in [3.63, 3.8) is 0 Å². The van der Waals surface area contributed by atoms with Gasteiger partial charge in [0, 0.05) is 38.4 Å². The number of hydrogen-bond acceptors (Lipinski definition) is 7. The van der Waals surface area contributed by atoms with Crippen LogP contribution in [0, 0.1) is 17.8 Å². The molecule has 3 amide bonds. The lowest BCUT2D eigenvalue weighted by molar-refractivity contribution is -0.137. The predicted octanol–water partition coefficient (Wildman–Crippen LogP) is 0.632. The van der Waals surface area contributed by atoms with Gasteiger partial charge in [0.15, 0.2) is 0 Å². The monoisotopic (exact) mass is 536 g/mol. The lowest BCUT2D eigenvalue weighted by Crippen LogP contribution is -2.58. The van der Waals surface area contributed by atoms with Crippen molar-refractivity contribution in [2.24, 2.45) is 23.5 Å². The Labute approximate surface area is 229 Å². The number of nitrogens with two attached hydrogens (primary N) is 1. The number of amides is 3. The molecule has 5 N–H and O–H groups in total. The topological polar surface area (TPSA) is 138 Å². The van der Waals surface area contributed by atoms with Gasteiger partial charge in [0.1, 0.15) is 5.82 Å². The first-order valence-corrected chi connectivity index (χ1v) is 13.9. The molecule has 1 saturated carbocycles. The third-order valence-electron chi connectivity index (χ3n) is 8.17. The highest BCUT2D eigenvalue weighted by molar-refractivity contribution is 5.89. The van der Waals surface area contributed by atoms with Crippen molar-refractivity contribution in [1.29, 1.82) is 0 Å². The molecule has 11 nitrogen and oxygen atoms in total. The number of piperidine rings is 1. The highest BCUT2D eigenvalue weighted by Gasteiger charge is 2.52. The fourth-order valence-electron chi connectivity index (χ4n) is 5.78. The molecule has 3 heterocycles. The number of urea groups is 1. The Hall–Kier alpha value is -3.28. The summed E-state index contributed by atoms with van der Waals surface area (Å²) >= 11 is 0. The Morgan fingerprint density at radius 1 is 1.08 bits per heavy atom. The van der Waals surface area contributed by atoms with E-state index in [2.05, 4.69) is 27.9 Å². The van der Waals surface area contributed by atoms with Crippen molar-refractivity contribution in [3.8, 4) is 5.69 Å². The quantitative estimate of drug-likeness (QED) is 0.388. The Balaban J connectivity index is 1.11. The first kappa shape index (κ1) is 27.3. The number of rotatable bonds is 8. The summed E-state index contributed by atoms with van der Waals surface area (Å²) in [5.41, 5.74) is 6.42. The van der Waals surface area contributed by atoms with E-state index in [4.69, 9.17) is 5.73 Å². The predicted molar refractivity (Wildman–Crippen MR) is 150 cm³/mol. The number of benzene rings is 1. The van der Waals surface area contributed by atoms with Gasteiger partial charge in [-0.3, -0.25) is 14.7 Å². The van der Waals surface area contributed by atoms with Crippen LogP contribution in [-0.2, 0) is 11.2 Å². The minimum Gasteiger partial charge on any atom is -0.338 e. The first-order chi connectivity index (χ1) is 18.6. The van der Waals surface area contributed by atoms with Crippen molar-refractivity contribution in [2.45, 2.75) is 38.8 Å². The molecule has 3 fully saturated rings. The Morgan fingerprint density at radius 2 is 1.72 bits per heavy atom. The van der Waals surface area contributed by atoms with E-state index in [1.165, 1.54) is 23.2 Å².